The van der Waals surface area contributed by atoms with Crippen molar-refractivity contribution in [2.24, 2.45) is 0 Å². The molecule has 4 aromatic rings. The number of hydrogen-bond acceptors (Lipinski definition) is 5. The molecule has 0 aliphatic carbocycles. The molecule has 1 aliphatic heterocycles. The van der Waals surface area contributed by atoms with Crippen LogP contribution in [-0.4, -0.2) is 57.1 Å². The number of nitrogens with zero attached hydrogens (tertiary/aromatic N) is 2. The van der Waals surface area contributed by atoms with E-state index in [-0.39, 0.29) is 16.6 Å². The second kappa shape index (κ2) is 10.6. The van der Waals surface area contributed by atoms with Gasteiger partial charge in [0.25, 0.3) is 5.91 Å². The Kier molecular flexibility index (Phi) is 7.11. The zero-order chi connectivity index (χ0) is 26.7. The third kappa shape index (κ3) is 5.68. The average Bonchev–Trinajstić information content (AvgIpc) is 2.93. The van der Waals surface area contributed by atoms with Crippen molar-refractivity contribution in [2.45, 2.75) is 4.90 Å². The summed E-state index contributed by atoms with van der Waals surface area (Å²) < 4.78 is 38.7. The van der Waals surface area contributed by atoms with Crippen LogP contribution in [0.2, 0.25) is 0 Å². The van der Waals surface area contributed by atoms with Gasteiger partial charge in [-0.15, -0.1) is 0 Å². The highest BCUT2D eigenvalue weighted by Gasteiger charge is 2.23. The maximum absolute atomic E-state index is 13.1. The highest BCUT2D eigenvalue weighted by atomic mass is 32.2. The van der Waals surface area contributed by atoms with Crippen molar-refractivity contribution in [3.63, 3.8) is 0 Å². The zero-order valence-electron chi connectivity index (χ0n) is 20.5. The number of carbonyl (C=O) groups excluding carboxylic acids is 2. The predicted molar refractivity (Wildman–Crippen MR) is 146 cm³/mol. The summed E-state index contributed by atoms with van der Waals surface area (Å²) in [5, 5.41) is 4.39. The number of amides is 2. The Bertz CT molecular complexity index is 1580. The van der Waals surface area contributed by atoms with Crippen LogP contribution in [0.5, 0.6) is 0 Å². The number of halogens is 1. The molecule has 38 heavy (non-hydrogen) atoms. The van der Waals surface area contributed by atoms with Gasteiger partial charge in [0, 0.05) is 43.1 Å². The van der Waals surface area contributed by atoms with Gasteiger partial charge < -0.3 is 15.1 Å². The molecule has 0 aromatic heterocycles. The monoisotopic (exact) mass is 531 g/mol. The van der Waals surface area contributed by atoms with Crippen molar-refractivity contribution in [1.82, 2.24) is 4.90 Å². The van der Waals surface area contributed by atoms with Crippen molar-refractivity contribution in [2.75, 3.05) is 42.1 Å². The molecule has 0 radical (unpaired) electrons. The number of anilines is 2. The Morgan fingerprint density at radius 3 is 2.13 bits per heavy atom. The average molecular weight is 532 g/mol. The molecular weight excluding hydrogens is 505 g/mol. The van der Waals surface area contributed by atoms with Gasteiger partial charge in [-0.1, -0.05) is 30.3 Å². The Balaban J connectivity index is 1.16. The summed E-state index contributed by atoms with van der Waals surface area (Å²) in [4.78, 5) is 29.2. The number of hydrogen-bond donors (Lipinski definition) is 1. The molecule has 0 atom stereocenters. The van der Waals surface area contributed by atoms with E-state index in [1.165, 1.54) is 30.3 Å². The number of carbonyl (C=O) groups is 2. The van der Waals surface area contributed by atoms with Crippen LogP contribution in [0.15, 0.2) is 95.9 Å². The maximum Gasteiger partial charge on any atom is 0.253 e. The van der Waals surface area contributed by atoms with E-state index in [9.17, 15) is 22.4 Å². The van der Waals surface area contributed by atoms with Crippen LogP contribution in [0, 0.1) is 5.82 Å². The molecule has 9 heteroatoms. The minimum Gasteiger partial charge on any atom is -0.368 e. The minimum absolute atomic E-state index is 0.110. The lowest BCUT2D eigenvalue weighted by Crippen LogP contribution is -2.48. The van der Waals surface area contributed by atoms with Gasteiger partial charge in [0.1, 0.15) is 11.6 Å². The van der Waals surface area contributed by atoms with Gasteiger partial charge in [-0.05, 0) is 71.4 Å². The fraction of sp³-hybridized carbons (Fsp3) is 0.172. The summed E-state index contributed by atoms with van der Waals surface area (Å²) in [6.07, 6.45) is 0. The number of piperazine rings is 1. The molecular formula is C29H26FN3O4S. The van der Waals surface area contributed by atoms with E-state index >= 15 is 0 Å². The van der Waals surface area contributed by atoms with E-state index in [2.05, 4.69) is 10.2 Å². The molecule has 194 valence electrons. The zero-order valence-corrected chi connectivity index (χ0v) is 21.3. The molecule has 5 rings (SSSR count). The third-order valence-corrected chi connectivity index (χ3v) is 8.19. The van der Waals surface area contributed by atoms with Crippen molar-refractivity contribution >= 4 is 43.8 Å². The van der Waals surface area contributed by atoms with Crippen LogP contribution in [-0.2, 0) is 14.6 Å². The number of benzene rings is 4. The first-order valence-electron chi connectivity index (χ1n) is 12.2. The molecule has 1 N–H and O–H groups in total. The third-order valence-electron chi connectivity index (χ3n) is 6.58. The van der Waals surface area contributed by atoms with E-state index in [1.54, 1.807) is 29.2 Å². The van der Waals surface area contributed by atoms with E-state index in [0.29, 0.717) is 37.4 Å². The topological polar surface area (TPSA) is 86.8 Å². The molecule has 1 aliphatic rings. The van der Waals surface area contributed by atoms with Crippen molar-refractivity contribution in [1.29, 1.82) is 0 Å². The van der Waals surface area contributed by atoms with E-state index in [4.69, 9.17) is 0 Å². The second-order valence-corrected chi connectivity index (χ2v) is 11.1. The molecule has 4 aromatic carbocycles. The smallest absolute Gasteiger partial charge is 0.253 e. The molecule has 1 heterocycles. The molecule has 0 unspecified atom stereocenters. The minimum atomic E-state index is -3.80. The summed E-state index contributed by atoms with van der Waals surface area (Å²) in [7, 11) is -3.80. The van der Waals surface area contributed by atoms with Gasteiger partial charge in [0.2, 0.25) is 5.91 Å². The lowest BCUT2D eigenvalue weighted by molar-refractivity contribution is -0.113. The fourth-order valence-electron chi connectivity index (χ4n) is 4.51. The Morgan fingerprint density at radius 2 is 1.45 bits per heavy atom. The molecule has 1 saturated heterocycles. The largest absolute Gasteiger partial charge is 0.368 e. The van der Waals surface area contributed by atoms with Crippen molar-refractivity contribution in [3.8, 4) is 0 Å². The predicted octanol–water partition coefficient (Wildman–Crippen LogP) is 4.35. The van der Waals surface area contributed by atoms with Gasteiger partial charge in [0.05, 0.1) is 4.90 Å². The summed E-state index contributed by atoms with van der Waals surface area (Å²) in [5.74, 6) is -1.77. The number of sulfone groups is 1. The Hall–Kier alpha value is -4.24. The summed E-state index contributed by atoms with van der Waals surface area (Å²) in [5.41, 5.74) is 1.89. The van der Waals surface area contributed by atoms with Crippen LogP contribution in [0.1, 0.15) is 10.4 Å². The van der Waals surface area contributed by atoms with Gasteiger partial charge in [-0.3, -0.25) is 9.59 Å². The molecule has 2 amide bonds. The number of fused-ring (bicyclic) bond motifs is 1. The number of nitrogens with one attached hydrogen (secondary N) is 1. The lowest BCUT2D eigenvalue weighted by atomic mass is 10.1. The molecule has 7 nitrogen and oxygen atoms in total. The molecule has 1 fully saturated rings. The van der Waals surface area contributed by atoms with Crippen LogP contribution in [0.3, 0.4) is 0 Å². The highest BCUT2D eigenvalue weighted by molar-refractivity contribution is 7.92. The Labute approximate surface area is 220 Å². The standard InChI is InChI=1S/C29H26FN3O4S/c30-24-8-5-22(6-9-24)29(35)33-17-15-32(16-18-33)26-12-10-25(11-13-26)31-28(34)20-38(36,37)27-14-7-21-3-1-2-4-23(21)19-27/h1-14,19H,15-18,20H2,(H,31,34). The normalized spacial score (nSPS) is 13.9. The van der Waals surface area contributed by atoms with E-state index in [0.717, 1.165) is 16.5 Å². The first-order valence-corrected chi connectivity index (χ1v) is 13.8. The van der Waals surface area contributed by atoms with Gasteiger partial charge in [-0.25, -0.2) is 12.8 Å². The summed E-state index contributed by atoms with van der Waals surface area (Å²) in [6.45, 7) is 2.31. The van der Waals surface area contributed by atoms with E-state index < -0.39 is 21.5 Å². The summed E-state index contributed by atoms with van der Waals surface area (Å²) in [6, 6.07) is 25.0. The SMILES string of the molecule is O=C(CS(=O)(=O)c1ccc2ccccc2c1)Nc1ccc(N2CCN(C(=O)c3ccc(F)cc3)CC2)cc1. The van der Waals surface area contributed by atoms with Crippen molar-refractivity contribution < 1.29 is 22.4 Å². The van der Waals surface area contributed by atoms with Gasteiger partial charge >= 0.3 is 0 Å². The highest BCUT2D eigenvalue weighted by Crippen LogP contribution is 2.22. The number of rotatable bonds is 6. The first-order chi connectivity index (χ1) is 18.3. The first kappa shape index (κ1) is 25.4. The van der Waals surface area contributed by atoms with Crippen LogP contribution < -0.4 is 10.2 Å². The van der Waals surface area contributed by atoms with E-state index in [1.807, 2.05) is 36.4 Å². The van der Waals surface area contributed by atoms with Crippen LogP contribution in [0.25, 0.3) is 10.8 Å². The maximum atomic E-state index is 13.1. The fourth-order valence-corrected chi connectivity index (χ4v) is 5.68. The van der Waals surface area contributed by atoms with Crippen LogP contribution >= 0.6 is 0 Å². The lowest BCUT2D eigenvalue weighted by Gasteiger charge is -2.36. The van der Waals surface area contributed by atoms with Gasteiger partial charge in [-0.2, -0.15) is 0 Å². The van der Waals surface area contributed by atoms with Gasteiger partial charge in [0.15, 0.2) is 9.84 Å². The molecule has 0 saturated carbocycles. The van der Waals surface area contributed by atoms with Crippen molar-refractivity contribution in [3.05, 3.63) is 102 Å². The Morgan fingerprint density at radius 1 is 0.789 bits per heavy atom. The molecule has 0 bridgehead atoms. The van der Waals surface area contributed by atoms with Crippen LogP contribution in [0.4, 0.5) is 15.8 Å². The quantitative estimate of drug-likeness (QED) is 0.400. The summed E-state index contributed by atoms with van der Waals surface area (Å²) >= 11 is 0. The second-order valence-electron chi connectivity index (χ2n) is 9.15. The molecule has 0 spiro atoms.